The number of allylic oxidation sites excluding steroid dienone is 2. The van der Waals surface area contributed by atoms with Crippen LogP contribution in [0.4, 0.5) is 8.78 Å². The molecule has 1 nitrogen and oxygen atoms in total. The van der Waals surface area contributed by atoms with Gasteiger partial charge in [0.2, 0.25) is 0 Å². The summed E-state index contributed by atoms with van der Waals surface area (Å²) in [6.07, 6.45) is 4.87. The van der Waals surface area contributed by atoms with Crippen LogP contribution in [0.2, 0.25) is 0 Å². The minimum absolute atomic E-state index is 0.137. The Morgan fingerprint density at radius 3 is 2.47 bits per heavy atom. The van der Waals surface area contributed by atoms with Crippen LogP contribution in [0.1, 0.15) is 5.56 Å². The van der Waals surface area contributed by atoms with Crippen molar-refractivity contribution in [3.05, 3.63) is 78.4 Å². The Labute approximate surface area is 110 Å². The van der Waals surface area contributed by atoms with Gasteiger partial charge in [-0.3, -0.25) is 0 Å². The van der Waals surface area contributed by atoms with E-state index in [1.54, 1.807) is 30.3 Å². The topological polar surface area (TPSA) is 9.23 Å². The van der Waals surface area contributed by atoms with Gasteiger partial charge in [-0.15, -0.1) is 0 Å². The van der Waals surface area contributed by atoms with Gasteiger partial charge < -0.3 is 4.74 Å². The Bertz CT molecular complexity index is 589. The fraction of sp³-hybridized carbons (Fsp3) is 0. The minimum atomic E-state index is -0.443. The first-order valence-electron chi connectivity index (χ1n) is 5.75. The maximum Gasteiger partial charge on any atom is 0.165 e. The molecule has 0 unspecified atom stereocenters. The summed E-state index contributed by atoms with van der Waals surface area (Å²) >= 11 is 0. The molecular formula is C16H12F2O. The number of hydrogen-bond acceptors (Lipinski definition) is 1. The molecule has 0 aliphatic rings. The summed E-state index contributed by atoms with van der Waals surface area (Å²) in [7, 11) is 0. The van der Waals surface area contributed by atoms with Crippen molar-refractivity contribution in [2.45, 2.75) is 0 Å². The largest absolute Gasteiger partial charge is 0.454 e. The van der Waals surface area contributed by atoms with Gasteiger partial charge in [0.15, 0.2) is 11.6 Å². The lowest BCUT2D eigenvalue weighted by atomic mass is 10.2. The lowest BCUT2D eigenvalue weighted by Gasteiger charge is -2.07. The summed E-state index contributed by atoms with van der Waals surface area (Å²) in [5.41, 5.74) is 0.727. The third kappa shape index (κ3) is 3.78. The third-order valence-corrected chi connectivity index (χ3v) is 2.40. The van der Waals surface area contributed by atoms with Gasteiger partial charge in [-0.2, -0.15) is 0 Å². The van der Waals surface area contributed by atoms with Gasteiger partial charge in [-0.05, 0) is 35.9 Å². The summed E-state index contributed by atoms with van der Waals surface area (Å²) in [5.74, 6) is 0.255. The van der Waals surface area contributed by atoms with Crippen molar-refractivity contribution >= 4 is 6.08 Å². The number of rotatable bonds is 4. The fourth-order valence-electron chi connectivity index (χ4n) is 1.53. The van der Waals surface area contributed by atoms with E-state index in [0.717, 1.165) is 5.56 Å². The lowest BCUT2D eigenvalue weighted by molar-refractivity contribution is 0.442. The molecule has 0 fully saturated rings. The summed E-state index contributed by atoms with van der Waals surface area (Å²) in [4.78, 5) is 0. The monoisotopic (exact) mass is 258 g/mol. The predicted octanol–water partition coefficient (Wildman–Crippen LogP) is 5.11. The molecule has 0 bridgehead atoms. The second-order valence-corrected chi connectivity index (χ2v) is 3.78. The maximum atomic E-state index is 13.6. The van der Waals surface area contributed by atoms with Gasteiger partial charge in [0, 0.05) is 0 Å². The molecule has 0 heterocycles. The van der Waals surface area contributed by atoms with Crippen LogP contribution in [0, 0.1) is 5.82 Å². The maximum absolute atomic E-state index is 13.6. The van der Waals surface area contributed by atoms with E-state index in [1.807, 2.05) is 18.2 Å². The number of hydrogen-bond donors (Lipinski definition) is 0. The molecule has 2 aromatic rings. The molecule has 3 heteroatoms. The van der Waals surface area contributed by atoms with Crippen LogP contribution >= 0.6 is 0 Å². The van der Waals surface area contributed by atoms with Crippen LogP contribution in [0.15, 0.2) is 67.0 Å². The molecule has 0 saturated heterocycles. The molecule has 96 valence electrons. The van der Waals surface area contributed by atoms with Crippen molar-refractivity contribution in [3.63, 3.8) is 0 Å². The van der Waals surface area contributed by atoms with Gasteiger partial charge in [0.1, 0.15) is 5.75 Å². The summed E-state index contributed by atoms with van der Waals surface area (Å²) in [6, 6.07) is 13.4. The highest BCUT2D eigenvalue weighted by atomic mass is 19.1. The first-order chi connectivity index (χ1) is 9.29. The first kappa shape index (κ1) is 13.0. The lowest BCUT2D eigenvalue weighted by Crippen LogP contribution is -1.88. The molecule has 19 heavy (non-hydrogen) atoms. The normalized spacial score (nSPS) is 11.3. The number of ether oxygens (including phenoxy) is 1. The highest BCUT2D eigenvalue weighted by molar-refractivity contribution is 5.54. The van der Waals surface area contributed by atoms with E-state index >= 15 is 0 Å². The Kier molecular flexibility index (Phi) is 4.45. The fourth-order valence-corrected chi connectivity index (χ4v) is 1.53. The molecule has 2 rings (SSSR count). The molecule has 0 N–H and O–H groups in total. The van der Waals surface area contributed by atoms with Gasteiger partial charge in [0.25, 0.3) is 0 Å². The highest BCUT2D eigenvalue weighted by Crippen LogP contribution is 2.25. The average molecular weight is 258 g/mol. The van der Waals surface area contributed by atoms with Crippen LogP contribution in [0.3, 0.4) is 0 Å². The molecular weight excluding hydrogens is 246 g/mol. The molecule has 0 spiro atoms. The van der Waals surface area contributed by atoms with Crippen molar-refractivity contribution in [1.82, 2.24) is 0 Å². The van der Waals surface area contributed by atoms with E-state index in [4.69, 9.17) is 4.74 Å². The number of halogens is 2. The van der Waals surface area contributed by atoms with Crippen molar-refractivity contribution in [2.24, 2.45) is 0 Å². The molecule has 0 aliphatic heterocycles. The third-order valence-electron chi connectivity index (χ3n) is 2.40. The zero-order valence-corrected chi connectivity index (χ0v) is 10.1. The van der Waals surface area contributed by atoms with Crippen molar-refractivity contribution in [1.29, 1.82) is 0 Å². The molecule has 0 aliphatic carbocycles. The second kappa shape index (κ2) is 6.50. The van der Waals surface area contributed by atoms with E-state index in [0.29, 0.717) is 12.1 Å². The van der Waals surface area contributed by atoms with E-state index < -0.39 is 5.82 Å². The summed E-state index contributed by atoms with van der Waals surface area (Å²) in [6.45, 7) is 0. The molecule has 2 aromatic carbocycles. The molecule has 0 radical (unpaired) electrons. The van der Waals surface area contributed by atoms with Crippen LogP contribution in [0.5, 0.6) is 11.5 Å². The van der Waals surface area contributed by atoms with E-state index in [1.165, 1.54) is 18.2 Å². The van der Waals surface area contributed by atoms with Crippen LogP contribution < -0.4 is 4.74 Å². The van der Waals surface area contributed by atoms with E-state index in [2.05, 4.69) is 0 Å². The Hall–Kier alpha value is -2.42. The van der Waals surface area contributed by atoms with Gasteiger partial charge in [-0.25, -0.2) is 8.78 Å². The minimum Gasteiger partial charge on any atom is -0.454 e. The van der Waals surface area contributed by atoms with E-state index in [9.17, 15) is 8.78 Å². The Balaban J connectivity index is 2.22. The quantitative estimate of drug-likeness (QED) is 0.692. The zero-order valence-electron chi connectivity index (χ0n) is 10.1. The predicted molar refractivity (Wildman–Crippen MR) is 72.2 cm³/mol. The van der Waals surface area contributed by atoms with Crippen LogP contribution in [0.25, 0.3) is 6.08 Å². The van der Waals surface area contributed by atoms with Crippen LogP contribution in [-0.4, -0.2) is 0 Å². The number of para-hydroxylation sites is 1. The Morgan fingerprint density at radius 2 is 1.74 bits per heavy atom. The number of benzene rings is 2. The van der Waals surface area contributed by atoms with Gasteiger partial charge >= 0.3 is 0 Å². The summed E-state index contributed by atoms with van der Waals surface area (Å²) < 4.78 is 30.9. The van der Waals surface area contributed by atoms with Crippen LogP contribution in [-0.2, 0) is 0 Å². The smallest absolute Gasteiger partial charge is 0.165 e. The second-order valence-electron chi connectivity index (χ2n) is 3.78. The molecule has 0 atom stereocenters. The van der Waals surface area contributed by atoms with Gasteiger partial charge in [-0.1, -0.05) is 36.4 Å². The Morgan fingerprint density at radius 1 is 0.947 bits per heavy atom. The highest BCUT2D eigenvalue weighted by Gasteiger charge is 2.04. The van der Waals surface area contributed by atoms with Crippen molar-refractivity contribution in [2.75, 3.05) is 0 Å². The molecule has 0 saturated carbocycles. The summed E-state index contributed by atoms with van der Waals surface area (Å²) in [5, 5.41) is 0. The van der Waals surface area contributed by atoms with Crippen molar-refractivity contribution < 1.29 is 13.5 Å². The van der Waals surface area contributed by atoms with Crippen molar-refractivity contribution in [3.8, 4) is 11.5 Å². The van der Waals surface area contributed by atoms with Gasteiger partial charge in [0.05, 0.1) is 6.33 Å². The molecule has 0 amide bonds. The first-order valence-corrected chi connectivity index (χ1v) is 5.75. The van der Waals surface area contributed by atoms with E-state index in [-0.39, 0.29) is 5.75 Å². The standard InChI is InChI=1S/C16H12F2O/c17-11-5-4-6-13-9-10-15(18)16(12-13)19-14-7-2-1-3-8-14/h1-12H/b6-4+,11-5+. The molecule has 0 aromatic heterocycles. The average Bonchev–Trinajstić information content (AvgIpc) is 2.44. The zero-order chi connectivity index (χ0) is 13.5. The SMILES string of the molecule is F/C=C/C=C/c1ccc(F)c(Oc2ccccc2)c1.